The fraction of sp³-hybridized carbons (Fsp3) is 0.905. The van der Waals surface area contributed by atoms with Gasteiger partial charge in [-0.15, -0.1) is 0 Å². The molecule has 3 heterocycles. The van der Waals surface area contributed by atoms with Gasteiger partial charge in [-0.3, -0.25) is 14.5 Å². The highest BCUT2D eigenvalue weighted by Crippen LogP contribution is 2.23. The lowest BCUT2D eigenvalue weighted by atomic mass is 9.92. The van der Waals surface area contributed by atoms with Crippen LogP contribution < -0.4 is 0 Å². The summed E-state index contributed by atoms with van der Waals surface area (Å²) in [4.78, 5) is 33.8. The zero-order valence-electron chi connectivity index (χ0n) is 17.5. The van der Waals surface area contributed by atoms with Crippen LogP contribution in [0.5, 0.6) is 0 Å². The number of rotatable bonds is 6. The van der Waals surface area contributed by atoms with Crippen molar-refractivity contribution < 1.29 is 14.7 Å². The summed E-state index contributed by atoms with van der Waals surface area (Å²) in [6, 6.07) is 0. The van der Waals surface area contributed by atoms with E-state index in [9.17, 15) is 14.7 Å². The maximum Gasteiger partial charge on any atom is 0.236 e. The quantitative estimate of drug-likeness (QED) is 0.710. The van der Waals surface area contributed by atoms with Crippen molar-refractivity contribution in [2.24, 2.45) is 11.8 Å². The summed E-state index contributed by atoms with van der Waals surface area (Å²) in [5, 5.41) is 9.23. The van der Waals surface area contributed by atoms with Gasteiger partial charge in [0, 0.05) is 52.3 Å². The Morgan fingerprint density at radius 2 is 1.32 bits per heavy atom. The normalized spacial score (nSPS) is 23.9. The van der Waals surface area contributed by atoms with Crippen LogP contribution in [0.15, 0.2) is 0 Å². The van der Waals surface area contributed by atoms with Gasteiger partial charge in [-0.2, -0.15) is 0 Å². The minimum atomic E-state index is 0.225. The van der Waals surface area contributed by atoms with Crippen LogP contribution in [0.4, 0.5) is 0 Å². The van der Waals surface area contributed by atoms with Crippen LogP contribution in [0.25, 0.3) is 0 Å². The Bertz CT molecular complexity index is 506. The number of likely N-dealkylation sites (N-methyl/N-ethyl adjacent to an activating group) is 1. The molecule has 0 radical (unpaired) electrons. The molecule has 0 saturated carbocycles. The Labute approximate surface area is 169 Å². The molecule has 0 aromatic rings. The lowest BCUT2D eigenvalue weighted by Crippen LogP contribution is -2.49. The predicted octanol–water partition coefficient (Wildman–Crippen LogP) is 0.484. The number of piperazine rings is 1. The summed E-state index contributed by atoms with van der Waals surface area (Å²) in [5.41, 5.74) is 0. The number of aliphatic hydroxyl groups excluding tert-OH is 1. The molecule has 1 N–H and O–H groups in total. The van der Waals surface area contributed by atoms with Gasteiger partial charge in [0.05, 0.1) is 6.54 Å². The first-order valence-electron chi connectivity index (χ1n) is 11.2. The number of carbonyl (C=O) groups excluding carboxylic acids is 2. The van der Waals surface area contributed by atoms with Gasteiger partial charge < -0.3 is 19.8 Å². The van der Waals surface area contributed by atoms with E-state index in [4.69, 9.17) is 0 Å². The molecule has 0 aromatic heterocycles. The Balaban J connectivity index is 1.34. The van der Waals surface area contributed by atoms with E-state index in [1.54, 1.807) is 0 Å². The van der Waals surface area contributed by atoms with Gasteiger partial charge in [0.15, 0.2) is 0 Å². The first-order valence-corrected chi connectivity index (χ1v) is 11.2. The highest BCUT2D eigenvalue weighted by molar-refractivity contribution is 5.78. The zero-order chi connectivity index (χ0) is 19.9. The van der Waals surface area contributed by atoms with Gasteiger partial charge in [-0.1, -0.05) is 6.92 Å². The van der Waals surface area contributed by atoms with E-state index in [0.29, 0.717) is 30.7 Å². The molecule has 0 aliphatic carbocycles. The number of hydrogen-bond acceptors (Lipinski definition) is 5. The van der Waals surface area contributed by atoms with E-state index in [-0.39, 0.29) is 12.5 Å². The zero-order valence-corrected chi connectivity index (χ0v) is 17.5. The molecule has 0 spiro atoms. The number of carbonyl (C=O) groups is 2. The van der Waals surface area contributed by atoms with Crippen molar-refractivity contribution >= 4 is 11.8 Å². The lowest BCUT2D eigenvalue weighted by Gasteiger charge is -2.37. The van der Waals surface area contributed by atoms with Crippen molar-refractivity contribution in [3.05, 3.63) is 0 Å². The molecule has 3 rings (SSSR count). The van der Waals surface area contributed by atoms with E-state index in [2.05, 4.69) is 16.7 Å². The summed E-state index contributed by atoms with van der Waals surface area (Å²) in [5.74, 6) is 1.35. The molecule has 0 atom stereocenters. The SMILES string of the molecule is CCN1CCN(C(=O)CC2CCN(C(=O)CN3CCC(CO)CC3)CC2)CC1. The number of nitrogens with zero attached hydrogens (tertiary/aromatic N) is 4. The number of hydrogen-bond donors (Lipinski definition) is 1. The van der Waals surface area contributed by atoms with Gasteiger partial charge in [0.2, 0.25) is 11.8 Å². The number of aliphatic hydroxyl groups is 1. The van der Waals surface area contributed by atoms with Crippen LogP contribution in [0, 0.1) is 11.8 Å². The molecule has 2 amide bonds. The van der Waals surface area contributed by atoms with E-state index in [0.717, 1.165) is 84.6 Å². The number of likely N-dealkylation sites (tertiary alicyclic amines) is 2. The fourth-order valence-corrected chi connectivity index (χ4v) is 4.69. The lowest BCUT2D eigenvalue weighted by molar-refractivity contribution is -0.135. The van der Waals surface area contributed by atoms with Crippen LogP contribution in [-0.2, 0) is 9.59 Å². The molecule has 3 fully saturated rings. The highest BCUT2D eigenvalue weighted by atomic mass is 16.3. The molecule has 0 aromatic carbocycles. The van der Waals surface area contributed by atoms with E-state index < -0.39 is 0 Å². The third-order valence-electron chi connectivity index (χ3n) is 6.93. The second kappa shape index (κ2) is 10.6. The molecule has 3 saturated heterocycles. The maximum absolute atomic E-state index is 12.6. The molecule has 160 valence electrons. The topological polar surface area (TPSA) is 67.3 Å². The molecule has 3 aliphatic rings. The molecule has 3 aliphatic heterocycles. The minimum absolute atomic E-state index is 0.225. The van der Waals surface area contributed by atoms with Crippen molar-refractivity contribution in [3.8, 4) is 0 Å². The molecule has 7 nitrogen and oxygen atoms in total. The van der Waals surface area contributed by atoms with Crippen molar-refractivity contribution in [2.45, 2.75) is 39.0 Å². The minimum Gasteiger partial charge on any atom is -0.396 e. The summed E-state index contributed by atoms with van der Waals surface area (Å²) < 4.78 is 0. The number of piperidine rings is 2. The second-order valence-corrected chi connectivity index (χ2v) is 8.75. The van der Waals surface area contributed by atoms with Crippen LogP contribution in [-0.4, -0.2) is 109 Å². The number of amides is 2. The fourth-order valence-electron chi connectivity index (χ4n) is 4.69. The van der Waals surface area contributed by atoms with E-state index in [1.165, 1.54) is 0 Å². The summed E-state index contributed by atoms with van der Waals surface area (Å²) in [7, 11) is 0. The van der Waals surface area contributed by atoms with Crippen LogP contribution in [0.3, 0.4) is 0 Å². The van der Waals surface area contributed by atoms with Gasteiger partial charge in [-0.25, -0.2) is 0 Å². The van der Waals surface area contributed by atoms with E-state index in [1.807, 2.05) is 9.80 Å². The Kier molecular flexibility index (Phi) is 8.11. The highest BCUT2D eigenvalue weighted by Gasteiger charge is 2.28. The molecule has 28 heavy (non-hydrogen) atoms. The molecule has 7 heteroatoms. The average Bonchev–Trinajstić information content (AvgIpc) is 2.74. The van der Waals surface area contributed by atoms with Gasteiger partial charge in [-0.05, 0) is 57.2 Å². The third-order valence-corrected chi connectivity index (χ3v) is 6.93. The van der Waals surface area contributed by atoms with Gasteiger partial charge >= 0.3 is 0 Å². The van der Waals surface area contributed by atoms with E-state index >= 15 is 0 Å². The first-order chi connectivity index (χ1) is 13.6. The third kappa shape index (κ3) is 5.91. The second-order valence-electron chi connectivity index (χ2n) is 8.75. The molecule has 0 bridgehead atoms. The molecular weight excluding hydrogens is 356 g/mol. The molecule has 0 unspecified atom stereocenters. The Hall–Kier alpha value is -1.18. The predicted molar refractivity (Wildman–Crippen MR) is 109 cm³/mol. The molecular formula is C21H38N4O3. The Morgan fingerprint density at radius 3 is 1.89 bits per heavy atom. The first kappa shape index (κ1) is 21.5. The van der Waals surface area contributed by atoms with Crippen LogP contribution in [0.1, 0.15) is 39.0 Å². The van der Waals surface area contributed by atoms with Crippen LogP contribution in [0.2, 0.25) is 0 Å². The smallest absolute Gasteiger partial charge is 0.236 e. The standard InChI is InChI=1S/C21H38N4O3/c1-2-22-11-13-25(14-12-22)20(27)15-18-5-9-24(10-6-18)21(28)16-23-7-3-19(17-26)4-8-23/h18-19,26H,2-17H2,1H3. The van der Waals surface area contributed by atoms with Crippen molar-refractivity contribution in [1.82, 2.24) is 19.6 Å². The summed E-state index contributed by atoms with van der Waals surface area (Å²) in [6.07, 6.45) is 4.50. The summed E-state index contributed by atoms with van der Waals surface area (Å²) >= 11 is 0. The monoisotopic (exact) mass is 394 g/mol. The largest absolute Gasteiger partial charge is 0.396 e. The van der Waals surface area contributed by atoms with Crippen LogP contribution >= 0.6 is 0 Å². The van der Waals surface area contributed by atoms with Gasteiger partial charge in [0.25, 0.3) is 0 Å². The van der Waals surface area contributed by atoms with Crippen molar-refractivity contribution in [2.75, 3.05) is 72.1 Å². The Morgan fingerprint density at radius 1 is 0.750 bits per heavy atom. The average molecular weight is 395 g/mol. The maximum atomic E-state index is 12.6. The van der Waals surface area contributed by atoms with Crippen molar-refractivity contribution in [1.29, 1.82) is 0 Å². The van der Waals surface area contributed by atoms with Gasteiger partial charge in [0.1, 0.15) is 0 Å². The summed E-state index contributed by atoms with van der Waals surface area (Å²) in [6.45, 7) is 11.1. The van der Waals surface area contributed by atoms with Crippen molar-refractivity contribution in [3.63, 3.8) is 0 Å².